The van der Waals surface area contributed by atoms with Crippen molar-refractivity contribution in [2.45, 2.75) is 33.7 Å². The summed E-state index contributed by atoms with van der Waals surface area (Å²) in [6.45, 7) is 9.41. The van der Waals surface area contributed by atoms with Crippen LogP contribution in [0.25, 0.3) is 15.7 Å². The molecule has 8 heteroatoms. The number of carbonyl (C=O) groups excluding carboxylic acids is 1. The van der Waals surface area contributed by atoms with Gasteiger partial charge in [0, 0.05) is 24.9 Å². The van der Waals surface area contributed by atoms with Crippen LogP contribution in [0.3, 0.4) is 0 Å². The lowest BCUT2D eigenvalue weighted by Gasteiger charge is -2.18. The molecule has 1 N–H and O–H groups in total. The Bertz CT molecular complexity index is 967. The lowest BCUT2D eigenvalue weighted by Crippen LogP contribution is -2.39. The number of fused-ring (bicyclic) bond motifs is 3. The Hall–Kier alpha value is -2.19. The molecule has 0 bridgehead atoms. The van der Waals surface area contributed by atoms with E-state index in [0.29, 0.717) is 18.5 Å². The van der Waals surface area contributed by atoms with Gasteiger partial charge in [-0.15, -0.1) is 11.3 Å². The van der Waals surface area contributed by atoms with Crippen molar-refractivity contribution in [1.82, 2.24) is 24.4 Å². The number of carbonyl (C=O) groups is 1. The third-order valence-corrected chi connectivity index (χ3v) is 5.53. The molecule has 0 saturated heterocycles. The summed E-state index contributed by atoms with van der Waals surface area (Å²) in [5.74, 6) is 0.597. The van der Waals surface area contributed by atoms with Crippen molar-refractivity contribution < 1.29 is 4.79 Å². The van der Waals surface area contributed by atoms with Gasteiger partial charge in [-0.1, -0.05) is 20.8 Å². The fraction of sp³-hybridized carbons (Fsp3) is 0.500. The molecule has 0 atom stereocenters. The number of nitrogens with one attached hydrogen (secondary N) is 1. The summed E-state index contributed by atoms with van der Waals surface area (Å²) in [5, 5.41) is 10.4. The van der Waals surface area contributed by atoms with Crippen molar-refractivity contribution in [2.24, 2.45) is 0 Å². The zero-order valence-corrected chi connectivity index (χ0v) is 16.3. The molecular formula is C18H25N5O2S. The summed E-state index contributed by atoms with van der Waals surface area (Å²) in [5.41, 5.74) is 0.346. The summed E-state index contributed by atoms with van der Waals surface area (Å²) in [6.07, 6.45) is 0.683. The van der Waals surface area contributed by atoms with Gasteiger partial charge in [-0.2, -0.15) is 5.10 Å². The number of likely N-dealkylation sites (N-methyl/N-ethyl adjacent to an activating group) is 1. The van der Waals surface area contributed by atoms with Crippen molar-refractivity contribution in [1.29, 1.82) is 0 Å². The smallest absolute Gasteiger partial charge is 0.291 e. The van der Waals surface area contributed by atoms with Crippen LogP contribution in [0.1, 0.15) is 26.6 Å². The SMILES string of the molecule is CCc1nn(CC(=O)NCCN(CC)CC)c(=O)c2cc3ccsc3n12. The molecule has 0 aliphatic carbocycles. The van der Waals surface area contributed by atoms with Crippen molar-refractivity contribution in [2.75, 3.05) is 26.2 Å². The molecule has 0 aliphatic rings. The predicted octanol–water partition coefficient (Wildman–Crippen LogP) is 1.73. The van der Waals surface area contributed by atoms with Gasteiger partial charge in [0.25, 0.3) is 5.56 Å². The molecule has 0 saturated carbocycles. The van der Waals surface area contributed by atoms with Crippen LogP contribution in [0.15, 0.2) is 22.3 Å². The first-order valence-electron chi connectivity index (χ1n) is 9.06. The van der Waals surface area contributed by atoms with E-state index in [-0.39, 0.29) is 18.0 Å². The van der Waals surface area contributed by atoms with Crippen molar-refractivity contribution >= 4 is 33.0 Å². The van der Waals surface area contributed by atoms with Crippen LogP contribution in [0, 0.1) is 0 Å². The highest BCUT2D eigenvalue weighted by Gasteiger charge is 2.15. The van der Waals surface area contributed by atoms with E-state index in [0.717, 1.165) is 35.7 Å². The number of aromatic nitrogens is 3. The Kier molecular flexibility index (Phi) is 5.73. The van der Waals surface area contributed by atoms with Gasteiger partial charge in [0.05, 0.1) is 0 Å². The summed E-state index contributed by atoms with van der Waals surface area (Å²) in [7, 11) is 0. The van der Waals surface area contributed by atoms with Gasteiger partial charge in [0.15, 0.2) is 0 Å². The molecule has 3 heterocycles. The van der Waals surface area contributed by atoms with Crippen LogP contribution in [0.4, 0.5) is 0 Å². The first kappa shape index (κ1) is 18.6. The average Bonchev–Trinajstić information content (AvgIpc) is 3.23. The Morgan fingerprint density at radius 3 is 2.77 bits per heavy atom. The normalized spacial score (nSPS) is 11.7. The number of rotatable bonds is 8. The van der Waals surface area contributed by atoms with Gasteiger partial charge in [-0.3, -0.25) is 14.0 Å². The summed E-state index contributed by atoms with van der Waals surface area (Å²) >= 11 is 1.59. The van der Waals surface area contributed by atoms with E-state index in [2.05, 4.69) is 29.2 Å². The first-order chi connectivity index (χ1) is 12.6. The van der Waals surface area contributed by atoms with Gasteiger partial charge in [0.2, 0.25) is 5.91 Å². The lowest BCUT2D eigenvalue weighted by molar-refractivity contribution is -0.121. The molecule has 26 heavy (non-hydrogen) atoms. The predicted molar refractivity (Wildman–Crippen MR) is 105 cm³/mol. The van der Waals surface area contributed by atoms with E-state index >= 15 is 0 Å². The highest BCUT2D eigenvalue weighted by Crippen LogP contribution is 2.24. The van der Waals surface area contributed by atoms with Crippen LogP contribution in [-0.2, 0) is 17.8 Å². The molecule has 3 aromatic rings. The molecule has 0 radical (unpaired) electrons. The molecule has 0 fully saturated rings. The van der Waals surface area contributed by atoms with E-state index in [1.54, 1.807) is 11.3 Å². The van der Waals surface area contributed by atoms with Crippen LogP contribution in [0.2, 0.25) is 0 Å². The highest BCUT2D eigenvalue weighted by atomic mass is 32.1. The molecule has 140 valence electrons. The molecule has 3 aromatic heterocycles. The third kappa shape index (κ3) is 3.52. The van der Waals surface area contributed by atoms with E-state index < -0.39 is 0 Å². The summed E-state index contributed by atoms with van der Waals surface area (Å²) < 4.78 is 3.20. The van der Waals surface area contributed by atoms with Crippen molar-refractivity contribution in [3.05, 3.63) is 33.7 Å². The topological polar surface area (TPSA) is 71.6 Å². The molecule has 7 nitrogen and oxygen atoms in total. The number of thiophene rings is 1. The number of amides is 1. The standard InChI is InChI=1S/C18H25N5O2S/c1-4-15-20-22(12-16(24)19-8-9-21(5-2)6-3)17(25)14-11-13-7-10-26-18(13)23(14)15/h7,10-11H,4-6,8-9,12H2,1-3H3,(H,19,24). The molecule has 1 amide bonds. The maximum absolute atomic E-state index is 12.8. The van der Waals surface area contributed by atoms with Gasteiger partial charge in [-0.05, 0) is 30.6 Å². The first-order valence-corrected chi connectivity index (χ1v) is 9.94. The molecule has 0 aromatic carbocycles. The Balaban J connectivity index is 1.81. The maximum Gasteiger partial charge on any atom is 0.291 e. The summed E-state index contributed by atoms with van der Waals surface area (Å²) in [6, 6.07) is 3.87. The van der Waals surface area contributed by atoms with Crippen LogP contribution in [0.5, 0.6) is 0 Å². The number of aryl methyl sites for hydroxylation is 1. The average molecular weight is 375 g/mol. The second kappa shape index (κ2) is 8.01. The Morgan fingerprint density at radius 2 is 2.08 bits per heavy atom. The monoisotopic (exact) mass is 375 g/mol. The molecule has 0 unspecified atom stereocenters. The van der Waals surface area contributed by atoms with Crippen LogP contribution >= 0.6 is 11.3 Å². The number of hydrogen-bond acceptors (Lipinski definition) is 5. The molecule has 3 rings (SSSR count). The van der Waals surface area contributed by atoms with E-state index in [4.69, 9.17) is 0 Å². The number of nitrogens with zero attached hydrogens (tertiary/aromatic N) is 4. The van der Waals surface area contributed by atoms with Gasteiger partial charge in [-0.25, -0.2) is 4.68 Å². The third-order valence-electron chi connectivity index (χ3n) is 4.61. The molecule has 0 aliphatic heterocycles. The Morgan fingerprint density at radius 1 is 1.31 bits per heavy atom. The fourth-order valence-electron chi connectivity index (χ4n) is 3.12. The quantitative estimate of drug-likeness (QED) is 0.651. The van der Waals surface area contributed by atoms with E-state index in [1.807, 2.05) is 28.8 Å². The maximum atomic E-state index is 12.8. The van der Waals surface area contributed by atoms with Gasteiger partial charge >= 0.3 is 0 Å². The lowest BCUT2D eigenvalue weighted by atomic mass is 10.4. The minimum atomic E-state index is -0.232. The summed E-state index contributed by atoms with van der Waals surface area (Å²) in [4.78, 5) is 28.3. The largest absolute Gasteiger partial charge is 0.353 e. The van der Waals surface area contributed by atoms with Gasteiger partial charge in [0.1, 0.15) is 22.7 Å². The molecule has 0 spiro atoms. The fourth-order valence-corrected chi connectivity index (χ4v) is 4.04. The van der Waals surface area contributed by atoms with Crippen LogP contribution in [-0.4, -0.2) is 51.2 Å². The second-order valence-corrected chi connectivity index (χ2v) is 7.05. The van der Waals surface area contributed by atoms with E-state index in [9.17, 15) is 9.59 Å². The number of hydrogen-bond donors (Lipinski definition) is 1. The zero-order valence-electron chi connectivity index (χ0n) is 15.5. The van der Waals surface area contributed by atoms with Gasteiger partial charge < -0.3 is 10.2 Å². The van der Waals surface area contributed by atoms with Crippen LogP contribution < -0.4 is 10.9 Å². The Labute approximate surface area is 156 Å². The highest BCUT2D eigenvalue weighted by molar-refractivity contribution is 7.16. The molecular weight excluding hydrogens is 350 g/mol. The second-order valence-electron chi connectivity index (χ2n) is 6.16. The van der Waals surface area contributed by atoms with Crippen molar-refractivity contribution in [3.63, 3.8) is 0 Å². The minimum Gasteiger partial charge on any atom is -0.353 e. The van der Waals surface area contributed by atoms with Crippen molar-refractivity contribution in [3.8, 4) is 0 Å². The zero-order chi connectivity index (χ0) is 18.7. The minimum absolute atomic E-state index is 0.0561. The van der Waals surface area contributed by atoms with E-state index in [1.165, 1.54) is 4.68 Å².